The number of rotatable bonds is 5. The molecule has 0 heterocycles. The first kappa shape index (κ1) is 21.2. The first-order valence-corrected chi connectivity index (χ1v) is 10.9. The Morgan fingerprint density at radius 3 is 2.71 bits per heavy atom. The van der Waals surface area contributed by atoms with E-state index in [0.29, 0.717) is 12.0 Å². The van der Waals surface area contributed by atoms with Crippen LogP contribution >= 0.6 is 0 Å². The Labute approximate surface area is 170 Å². The average molecular weight is 385 g/mol. The van der Waals surface area contributed by atoms with Crippen molar-refractivity contribution in [2.45, 2.75) is 78.7 Å². The van der Waals surface area contributed by atoms with Gasteiger partial charge in [-0.1, -0.05) is 37.1 Å². The molecule has 3 rings (SSSR count). The van der Waals surface area contributed by atoms with Gasteiger partial charge in [0.15, 0.2) is 5.78 Å². The molecule has 0 aromatic rings. The molecule has 6 atom stereocenters. The molecule has 0 aromatic heterocycles. The van der Waals surface area contributed by atoms with Crippen molar-refractivity contribution >= 4 is 12.1 Å². The predicted octanol–water partition coefficient (Wildman–Crippen LogP) is 5.20. The normalized spacial score (nSPS) is 40.4. The summed E-state index contributed by atoms with van der Waals surface area (Å²) in [6, 6.07) is 0. The highest BCUT2D eigenvalue weighted by Crippen LogP contribution is 2.60. The molecule has 0 aromatic carbocycles. The van der Waals surface area contributed by atoms with Gasteiger partial charge in [-0.15, -0.1) is 0 Å². The molecule has 0 aliphatic heterocycles. The summed E-state index contributed by atoms with van der Waals surface area (Å²) < 4.78 is 0. The molecule has 1 fully saturated rings. The minimum atomic E-state index is -0.707. The van der Waals surface area contributed by atoms with E-state index in [-0.39, 0.29) is 34.9 Å². The maximum Gasteiger partial charge on any atom is 0.163 e. The van der Waals surface area contributed by atoms with E-state index in [0.717, 1.165) is 44.0 Å². The third kappa shape index (κ3) is 3.58. The number of carbonyl (C=O) groups excluding carboxylic acids is 2. The van der Waals surface area contributed by atoms with E-state index in [1.54, 1.807) is 6.08 Å². The molecule has 0 spiro atoms. The summed E-state index contributed by atoms with van der Waals surface area (Å²) in [4.78, 5) is 24.3. The zero-order valence-corrected chi connectivity index (χ0v) is 18.1. The quantitative estimate of drug-likeness (QED) is 0.524. The Kier molecular flexibility index (Phi) is 5.87. The van der Waals surface area contributed by atoms with Crippen molar-refractivity contribution in [3.05, 3.63) is 34.9 Å². The van der Waals surface area contributed by atoms with Crippen molar-refractivity contribution in [1.82, 2.24) is 0 Å². The molecule has 0 amide bonds. The first-order chi connectivity index (χ1) is 13.1. The fourth-order valence-electron chi connectivity index (χ4n) is 6.19. The van der Waals surface area contributed by atoms with E-state index in [2.05, 4.69) is 33.8 Å². The van der Waals surface area contributed by atoms with Crippen molar-refractivity contribution in [3.8, 4) is 0 Å². The molecule has 1 saturated carbocycles. The fraction of sp³-hybridized carbons (Fsp3) is 0.680. The van der Waals surface area contributed by atoms with Crippen LogP contribution in [0.3, 0.4) is 0 Å². The van der Waals surface area contributed by atoms with Gasteiger partial charge in [0, 0.05) is 0 Å². The van der Waals surface area contributed by atoms with Crippen LogP contribution in [-0.2, 0) is 9.59 Å². The van der Waals surface area contributed by atoms with E-state index >= 15 is 0 Å². The van der Waals surface area contributed by atoms with E-state index < -0.39 is 5.60 Å². The number of hydrogen-bond donors (Lipinski definition) is 1. The van der Waals surface area contributed by atoms with Crippen LogP contribution in [0.4, 0.5) is 0 Å². The van der Waals surface area contributed by atoms with E-state index in [1.165, 1.54) is 5.57 Å². The van der Waals surface area contributed by atoms with Gasteiger partial charge in [0.2, 0.25) is 0 Å². The van der Waals surface area contributed by atoms with Crippen molar-refractivity contribution < 1.29 is 14.7 Å². The molecule has 28 heavy (non-hydrogen) atoms. The minimum absolute atomic E-state index is 0.00687. The molecule has 0 saturated heterocycles. The molecule has 0 bridgehead atoms. The summed E-state index contributed by atoms with van der Waals surface area (Å²) in [5, 5.41) is 11.8. The smallest absolute Gasteiger partial charge is 0.163 e. The summed E-state index contributed by atoms with van der Waals surface area (Å²) in [5.74, 6) is 0.201. The fourth-order valence-corrected chi connectivity index (χ4v) is 6.19. The lowest BCUT2D eigenvalue weighted by molar-refractivity contribution is -0.119. The molecule has 0 radical (unpaired) electrons. The Bertz CT molecular complexity index is 739. The van der Waals surface area contributed by atoms with Crippen LogP contribution in [0.25, 0.3) is 0 Å². The second kappa shape index (κ2) is 7.74. The Morgan fingerprint density at radius 2 is 2.07 bits per heavy atom. The molecule has 0 unspecified atom stereocenters. The number of hydrogen-bond acceptors (Lipinski definition) is 3. The zero-order valence-electron chi connectivity index (χ0n) is 18.1. The first-order valence-electron chi connectivity index (χ1n) is 10.9. The third-order valence-corrected chi connectivity index (χ3v) is 7.98. The Hall–Kier alpha value is -1.48. The minimum Gasteiger partial charge on any atom is -0.389 e. The molecular weight excluding hydrogens is 348 g/mol. The summed E-state index contributed by atoms with van der Waals surface area (Å²) in [7, 11) is 0. The molecular formula is C25H36O3. The van der Waals surface area contributed by atoms with Crippen LogP contribution in [0.2, 0.25) is 0 Å². The van der Waals surface area contributed by atoms with Crippen molar-refractivity contribution in [3.63, 3.8) is 0 Å². The maximum atomic E-state index is 12.5. The second-order valence-corrected chi connectivity index (χ2v) is 10.1. The molecule has 154 valence electrons. The molecule has 3 nitrogen and oxygen atoms in total. The van der Waals surface area contributed by atoms with Crippen LogP contribution in [0.15, 0.2) is 34.9 Å². The van der Waals surface area contributed by atoms with Crippen LogP contribution in [0, 0.1) is 29.1 Å². The maximum absolute atomic E-state index is 12.5. The van der Waals surface area contributed by atoms with Gasteiger partial charge in [0.05, 0.1) is 11.5 Å². The lowest BCUT2D eigenvalue weighted by atomic mass is 9.62. The van der Waals surface area contributed by atoms with Crippen molar-refractivity contribution in [2.75, 3.05) is 0 Å². The number of ketones is 1. The van der Waals surface area contributed by atoms with Gasteiger partial charge in [-0.25, -0.2) is 0 Å². The van der Waals surface area contributed by atoms with Crippen LogP contribution in [0.5, 0.6) is 0 Å². The highest BCUT2D eigenvalue weighted by molar-refractivity contribution is 6.01. The largest absolute Gasteiger partial charge is 0.389 e. The lowest BCUT2D eigenvalue weighted by Gasteiger charge is -2.44. The molecule has 3 aliphatic carbocycles. The van der Waals surface area contributed by atoms with E-state index in [9.17, 15) is 14.7 Å². The summed E-state index contributed by atoms with van der Waals surface area (Å²) >= 11 is 0. The SMILES string of the molecule is CC(C)=CCC[C@H](C)[C@@]1(O)CC[C@]2(C)C[C@@H]3C(C)=CC(=O)[C@H]3/C(C=O)=C\C[C@H]21. The lowest BCUT2D eigenvalue weighted by Crippen LogP contribution is -2.45. The number of aliphatic hydroxyl groups is 1. The van der Waals surface area contributed by atoms with Gasteiger partial charge >= 0.3 is 0 Å². The van der Waals surface area contributed by atoms with Crippen molar-refractivity contribution in [2.24, 2.45) is 29.1 Å². The van der Waals surface area contributed by atoms with Gasteiger partial charge in [0.25, 0.3) is 0 Å². The van der Waals surface area contributed by atoms with Gasteiger partial charge in [-0.05, 0) is 94.1 Å². The van der Waals surface area contributed by atoms with Crippen LogP contribution < -0.4 is 0 Å². The standard InChI is InChI=1S/C25H36O3/c1-16(2)7-6-8-18(4)25(28)12-11-24(5)14-20-17(3)13-21(27)23(20)19(15-26)9-10-22(24)25/h7,9,13,15,18,20,22-23,28H,6,8,10-12,14H2,1-5H3/b19-9-/t18-,20+,22+,23-,24+,25-/m0/s1. The number of carbonyl (C=O) groups is 2. The zero-order chi connectivity index (χ0) is 20.7. The van der Waals surface area contributed by atoms with Gasteiger partial charge in [-0.3, -0.25) is 9.59 Å². The highest BCUT2D eigenvalue weighted by atomic mass is 16.3. The molecule has 3 heteroatoms. The summed E-state index contributed by atoms with van der Waals surface area (Å²) in [6.45, 7) is 10.7. The van der Waals surface area contributed by atoms with Gasteiger partial charge < -0.3 is 5.11 Å². The Balaban J connectivity index is 1.91. The monoisotopic (exact) mass is 384 g/mol. The number of aldehydes is 1. The number of allylic oxidation sites excluding steroid dienone is 6. The summed E-state index contributed by atoms with van der Waals surface area (Å²) in [5.41, 5.74) is 2.32. The van der Waals surface area contributed by atoms with Gasteiger partial charge in [-0.2, -0.15) is 0 Å². The topological polar surface area (TPSA) is 54.4 Å². The second-order valence-electron chi connectivity index (χ2n) is 10.1. The predicted molar refractivity (Wildman–Crippen MR) is 113 cm³/mol. The Morgan fingerprint density at radius 1 is 1.36 bits per heavy atom. The molecule has 3 aliphatic rings. The van der Waals surface area contributed by atoms with E-state index in [4.69, 9.17) is 0 Å². The van der Waals surface area contributed by atoms with Crippen molar-refractivity contribution in [1.29, 1.82) is 0 Å². The van der Waals surface area contributed by atoms with Gasteiger partial charge in [0.1, 0.15) is 6.29 Å². The number of fused-ring (bicyclic) bond motifs is 2. The van der Waals surface area contributed by atoms with E-state index in [1.807, 2.05) is 13.0 Å². The average Bonchev–Trinajstić information content (AvgIpc) is 3.02. The highest BCUT2D eigenvalue weighted by Gasteiger charge is 2.57. The van der Waals surface area contributed by atoms with Crippen LogP contribution in [-0.4, -0.2) is 22.8 Å². The molecule has 1 N–H and O–H groups in total. The van der Waals surface area contributed by atoms with Crippen LogP contribution in [0.1, 0.15) is 73.1 Å². The third-order valence-electron chi connectivity index (χ3n) is 7.98. The summed E-state index contributed by atoms with van der Waals surface area (Å²) in [6.07, 6.45) is 12.1.